The van der Waals surface area contributed by atoms with Gasteiger partial charge in [-0.3, -0.25) is 9.78 Å². The summed E-state index contributed by atoms with van der Waals surface area (Å²) in [6.45, 7) is 5.89. The zero-order valence-electron chi connectivity index (χ0n) is 14.6. The van der Waals surface area contributed by atoms with Gasteiger partial charge in [-0.1, -0.05) is 24.3 Å². The molecule has 1 aromatic carbocycles. The Morgan fingerprint density at radius 1 is 1.20 bits per heavy atom. The van der Waals surface area contributed by atoms with Gasteiger partial charge in [0, 0.05) is 29.0 Å². The number of hydrogen-bond donors (Lipinski definition) is 2. The monoisotopic (exact) mass is 407 g/mol. The van der Waals surface area contributed by atoms with E-state index in [9.17, 15) is 9.59 Å². The molecule has 2 rings (SSSR count). The van der Waals surface area contributed by atoms with Crippen molar-refractivity contribution in [3.63, 3.8) is 0 Å². The van der Waals surface area contributed by atoms with Crippen molar-refractivity contribution in [3.8, 4) is 0 Å². The van der Waals surface area contributed by atoms with E-state index in [2.05, 4.69) is 31.5 Å². The predicted octanol–water partition coefficient (Wildman–Crippen LogP) is 3.53. The summed E-state index contributed by atoms with van der Waals surface area (Å²) in [5, 5.41) is 7.44. The van der Waals surface area contributed by atoms with E-state index < -0.39 is 11.7 Å². The molecule has 1 aromatic heterocycles. The molecule has 25 heavy (non-hydrogen) atoms. The number of ether oxygens (including phenoxy) is 1. The number of nitrogens with one attached hydrogen (secondary N) is 2. The predicted molar refractivity (Wildman–Crippen MR) is 100 cm³/mol. The van der Waals surface area contributed by atoms with Crippen molar-refractivity contribution in [2.75, 3.05) is 6.54 Å². The fraction of sp³-hybridized carbons (Fsp3) is 0.389. The van der Waals surface area contributed by atoms with Gasteiger partial charge in [0.1, 0.15) is 5.60 Å². The molecule has 7 heteroatoms. The molecule has 0 spiro atoms. The highest BCUT2D eigenvalue weighted by Gasteiger charge is 2.16. The zero-order chi connectivity index (χ0) is 18.4. The first-order valence-corrected chi connectivity index (χ1v) is 8.81. The fourth-order valence-corrected chi connectivity index (χ4v) is 2.76. The summed E-state index contributed by atoms with van der Waals surface area (Å²) in [5.74, 6) is -0.169. The quantitative estimate of drug-likeness (QED) is 0.794. The number of fused-ring (bicyclic) bond motifs is 1. The lowest BCUT2D eigenvalue weighted by Crippen LogP contribution is -2.35. The first kappa shape index (κ1) is 19.2. The van der Waals surface area contributed by atoms with Gasteiger partial charge in [-0.05, 0) is 42.1 Å². The summed E-state index contributed by atoms with van der Waals surface area (Å²) < 4.78 is 5.98. The second-order valence-corrected chi connectivity index (χ2v) is 7.35. The topological polar surface area (TPSA) is 80.3 Å². The number of pyridine rings is 1. The fourth-order valence-electron chi connectivity index (χ4n) is 2.16. The van der Waals surface area contributed by atoms with Crippen molar-refractivity contribution in [3.05, 3.63) is 40.6 Å². The van der Waals surface area contributed by atoms with Crippen LogP contribution in [0.4, 0.5) is 4.79 Å². The Hall–Kier alpha value is -2.15. The molecule has 2 aromatic rings. The molecule has 0 unspecified atom stereocenters. The van der Waals surface area contributed by atoms with Gasteiger partial charge in [-0.2, -0.15) is 0 Å². The lowest BCUT2D eigenvalue weighted by Gasteiger charge is -2.19. The molecule has 0 saturated carbocycles. The van der Waals surface area contributed by atoms with E-state index in [0.29, 0.717) is 6.54 Å². The smallest absolute Gasteiger partial charge is 0.407 e. The molecular weight excluding hydrogens is 386 g/mol. The summed E-state index contributed by atoms with van der Waals surface area (Å²) in [6.07, 6.45) is 1.43. The van der Waals surface area contributed by atoms with E-state index in [0.717, 1.165) is 20.9 Å². The number of alkyl carbamates (subject to hydrolysis) is 1. The summed E-state index contributed by atoms with van der Waals surface area (Å²) in [5.41, 5.74) is 0.201. The van der Waals surface area contributed by atoms with Gasteiger partial charge in [-0.15, -0.1) is 0 Å². The third kappa shape index (κ3) is 6.01. The number of carbonyl (C=O) groups is 2. The van der Waals surface area contributed by atoms with Gasteiger partial charge in [0.2, 0.25) is 5.91 Å². The maximum atomic E-state index is 11.9. The van der Waals surface area contributed by atoms with Gasteiger partial charge in [0.15, 0.2) is 0 Å². The van der Waals surface area contributed by atoms with Crippen molar-refractivity contribution < 1.29 is 14.3 Å². The van der Waals surface area contributed by atoms with Crippen LogP contribution in [0.2, 0.25) is 0 Å². The van der Waals surface area contributed by atoms with Crippen LogP contribution in [0.25, 0.3) is 10.8 Å². The number of amides is 2. The Balaban J connectivity index is 1.81. The van der Waals surface area contributed by atoms with Crippen LogP contribution < -0.4 is 10.6 Å². The summed E-state index contributed by atoms with van der Waals surface area (Å²) in [4.78, 5) is 27.8. The van der Waals surface area contributed by atoms with Crippen molar-refractivity contribution in [1.82, 2.24) is 15.6 Å². The molecule has 0 saturated heterocycles. The number of nitrogens with zero attached hydrogens (tertiary/aromatic N) is 1. The Morgan fingerprint density at radius 2 is 1.92 bits per heavy atom. The van der Waals surface area contributed by atoms with Crippen LogP contribution in [0.3, 0.4) is 0 Å². The van der Waals surface area contributed by atoms with Crippen molar-refractivity contribution in [1.29, 1.82) is 0 Å². The summed E-state index contributed by atoms with van der Waals surface area (Å²) in [7, 11) is 0. The molecular formula is C18H22BrN3O3. The highest BCUT2D eigenvalue weighted by Crippen LogP contribution is 2.25. The first-order valence-electron chi connectivity index (χ1n) is 8.02. The molecule has 0 fully saturated rings. The third-order valence-corrected chi connectivity index (χ3v) is 4.17. The van der Waals surface area contributed by atoms with E-state index in [1.165, 1.54) is 0 Å². The molecule has 0 aliphatic heterocycles. The highest BCUT2D eigenvalue weighted by molar-refractivity contribution is 9.10. The van der Waals surface area contributed by atoms with E-state index in [4.69, 9.17) is 4.74 Å². The minimum Gasteiger partial charge on any atom is -0.444 e. The Morgan fingerprint density at radius 3 is 2.64 bits per heavy atom. The normalized spacial score (nSPS) is 11.2. The van der Waals surface area contributed by atoms with Gasteiger partial charge in [0.05, 0.1) is 12.2 Å². The minimum atomic E-state index is -0.555. The summed E-state index contributed by atoms with van der Waals surface area (Å²) >= 11 is 3.54. The largest absolute Gasteiger partial charge is 0.444 e. The molecule has 6 nitrogen and oxygen atoms in total. The lowest BCUT2D eigenvalue weighted by atomic mass is 10.1. The maximum Gasteiger partial charge on any atom is 0.407 e. The van der Waals surface area contributed by atoms with Crippen LogP contribution in [-0.2, 0) is 16.1 Å². The Kier molecular flexibility index (Phi) is 6.36. The second-order valence-electron chi connectivity index (χ2n) is 6.56. The van der Waals surface area contributed by atoms with Crippen molar-refractivity contribution >= 4 is 38.7 Å². The van der Waals surface area contributed by atoms with Gasteiger partial charge < -0.3 is 15.4 Å². The number of benzene rings is 1. The molecule has 1 heterocycles. The van der Waals surface area contributed by atoms with Gasteiger partial charge in [-0.25, -0.2) is 4.79 Å². The van der Waals surface area contributed by atoms with E-state index >= 15 is 0 Å². The second kappa shape index (κ2) is 8.29. The number of rotatable bonds is 5. The lowest BCUT2D eigenvalue weighted by molar-refractivity contribution is -0.121. The standard InChI is InChI=1S/C18H22BrN3O3/c1-18(2,3)25-17(24)20-9-8-15(23)22-11-14-16(19)13-7-5-4-6-12(13)10-21-14/h4-7,10H,8-9,11H2,1-3H3,(H,20,24)(H,22,23). The van der Waals surface area contributed by atoms with E-state index in [-0.39, 0.29) is 18.9 Å². The minimum absolute atomic E-state index is 0.169. The zero-order valence-corrected chi connectivity index (χ0v) is 16.1. The van der Waals surface area contributed by atoms with Crippen LogP contribution in [0.1, 0.15) is 32.9 Å². The molecule has 134 valence electrons. The number of aromatic nitrogens is 1. The average Bonchev–Trinajstić information content (AvgIpc) is 2.53. The number of hydrogen-bond acceptors (Lipinski definition) is 4. The summed E-state index contributed by atoms with van der Waals surface area (Å²) in [6, 6.07) is 7.89. The van der Waals surface area contributed by atoms with E-state index in [1.54, 1.807) is 27.0 Å². The number of halogens is 1. The molecule has 0 aliphatic carbocycles. The van der Waals surface area contributed by atoms with Crippen LogP contribution in [0, 0.1) is 0 Å². The van der Waals surface area contributed by atoms with Crippen LogP contribution in [0.15, 0.2) is 34.9 Å². The van der Waals surface area contributed by atoms with Crippen LogP contribution in [0.5, 0.6) is 0 Å². The number of carbonyl (C=O) groups excluding carboxylic acids is 2. The van der Waals surface area contributed by atoms with Crippen molar-refractivity contribution in [2.45, 2.75) is 39.3 Å². The molecule has 0 atom stereocenters. The van der Waals surface area contributed by atoms with Crippen LogP contribution in [-0.4, -0.2) is 29.1 Å². The first-order chi connectivity index (χ1) is 11.8. The average molecular weight is 408 g/mol. The highest BCUT2D eigenvalue weighted by atomic mass is 79.9. The SMILES string of the molecule is CC(C)(C)OC(=O)NCCC(=O)NCc1ncc2ccccc2c1Br. The third-order valence-electron chi connectivity index (χ3n) is 3.28. The van der Waals surface area contributed by atoms with E-state index in [1.807, 2.05) is 24.3 Å². The Labute approximate surface area is 155 Å². The Bertz CT molecular complexity index is 772. The van der Waals surface area contributed by atoms with Crippen LogP contribution >= 0.6 is 15.9 Å². The molecule has 2 amide bonds. The van der Waals surface area contributed by atoms with Gasteiger partial charge >= 0.3 is 6.09 Å². The molecule has 0 aliphatic rings. The van der Waals surface area contributed by atoms with Gasteiger partial charge in [0.25, 0.3) is 0 Å². The molecule has 2 N–H and O–H groups in total. The van der Waals surface area contributed by atoms with Crippen molar-refractivity contribution in [2.24, 2.45) is 0 Å². The maximum absolute atomic E-state index is 11.9. The molecule has 0 bridgehead atoms. The molecule has 0 radical (unpaired) electrons.